The zero-order valence-electron chi connectivity index (χ0n) is 31.1. The van der Waals surface area contributed by atoms with E-state index in [2.05, 4.69) is 25.9 Å². The highest BCUT2D eigenvalue weighted by atomic mass is 31.2. The summed E-state index contributed by atoms with van der Waals surface area (Å²) in [5.74, 6) is -4.97. The fraction of sp³-hybridized carbons (Fsp3) is 0.553. The molecule has 0 spiro atoms. The molecule has 290 valence electrons. The van der Waals surface area contributed by atoms with Crippen LogP contribution in [0.3, 0.4) is 0 Å². The van der Waals surface area contributed by atoms with Crippen LogP contribution < -0.4 is 16.0 Å². The van der Waals surface area contributed by atoms with Gasteiger partial charge >= 0.3 is 19.7 Å². The number of nitrogens with one attached hydrogen (secondary N) is 4. The van der Waals surface area contributed by atoms with Gasteiger partial charge in [0.25, 0.3) is 0 Å². The number of hydrogen-bond acceptors (Lipinski definition) is 7. The van der Waals surface area contributed by atoms with Gasteiger partial charge < -0.3 is 40.6 Å². The number of carboxylic acids is 1. The van der Waals surface area contributed by atoms with Crippen molar-refractivity contribution in [3.63, 3.8) is 0 Å². The van der Waals surface area contributed by atoms with E-state index in [1.54, 1.807) is 40.8 Å². The number of ether oxygens (including phenoxy) is 1. The van der Waals surface area contributed by atoms with Crippen molar-refractivity contribution in [2.45, 2.75) is 115 Å². The van der Waals surface area contributed by atoms with Gasteiger partial charge in [0.15, 0.2) is 0 Å². The van der Waals surface area contributed by atoms with E-state index < -0.39 is 72.7 Å². The molecule has 3 aromatic rings. The summed E-state index contributed by atoms with van der Waals surface area (Å²) >= 11 is 0. The average Bonchev–Trinajstić information content (AvgIpc) is 3.58. The van der Waals surface area contributed by atoms with Crippen molar-refractivity contribution in [3.05, 3.63) is 66.2 Å². The normalized spacial score (nSPS) is 17.0. The number of carbonyl (C=O) groups excluding carboxylic acids is 3. The first kappa shape index (κ1) is 41.5. The van der Waals surface area contributed by atoms with Gasteiger partial charge in [0.05, 0.1) is 23.6 Å². The minimum atomic E-state index is -5.10. The molecule has 4 unspecified atom stereocenters. The maximum Gasteiger partial charge on any atom is 0.408 e. The predicted molar refractivity (Wildman–Crippen MR) is 200 cm³/mol. The average molecular weight is 756 g/mol. The molecule has 14 nitrogen and oxygen atoms in total. The summed E-state index contributed by atoms with van der Waals surface area (Å²) in [5.41, 5.74) is -1.41. The van der Waals surface area contributed by atoms with Gasteiger partial charge in [-0.15, -0.1) is 0 Å². The molecule has 1 aliphatic rings. The number of benzene rings is 2. The summed E-state index contributed by atoms with van der Waals surface area (Å²) < 4.78 is 18.6. The van der Waals surface area contributed by atoms with Gasteiger partial charge in [-0.3, -0.25) is 18.9 Å². The van der Waals surface area contributed by atoms with Crippen molar-refractivity contribution in [2.24, 2.45) is 17.8 Å². The van der Waals surface area contributed by atoms with Gasteiger partial charge in [-0.05, 0) is 55.4 Å². The lowest BCUT2D eigenvalue weighted by Gasteiger charge is -2.37. The number of aromatic amines is 1. The highest BCUT2D eigenvalue weighted by molar-refractivity contribution is 7.52. The van der Waals surface area contributed by atoms with Crippen LogP contribution in [-0.4, -0.2) is 78.1 Å². The van der Waals surface area contributed by atoms with E-state index in [4.69, 9.17) is 4.74 Å². The molecule has 0 aliphatic heterocycles. The van der Waals surface area contributed by atoms with E-state index >= 15 is 0 Å². The van der Waals surface area contributed by atoms with Crippen molar-refractivity contribution < 1.29 is 43.4 Å². The molecule has 1 fully saturated rings. The minimum Gasteiger partial charge on any atom is -0.481 e. The Morgan fingerprint density at radius 1 is 0.925 bits per heavy atom. The molecule has 1 aromatic heterocycles. The van der Waals surface area contributed by atoms with E-state index in [-0.39, 0.29) is 25.2 Å². The zero-order valence-corrected chi connectivity index (χ0v) is 32.0. The Bertz CT molecular complexity index is 1740. The largest absolute Gasteiger partial charge is 0.481 e. The van der Waals surface area contributed by atoms with Gasteiger partial charge in [0.1, 0.15) is 17.7 Å². The van der Waals surface area contributed by atoms with E-state index in [1.807, 2.05) is 42.5 Å². The molecule has 3 amide bonds. The van der Waals surface area contributed by atoms with E-state index in [0.29, 0.717) is 5.69 Å². The third-order valence-corrected chi connectivity index (χ3v) is 11.2. The van der Waals surface area contributed by atoms with Crippen molar-refractivity contribution in [1.29, 1.82) is 0 Å². The molecular formula is C38H54N5O9P. The maximum absolute atomic E-state index is 14.3. The third kappa shape index (κ3) is 12.1. The lowest BCUT2D eigenvalue weighted by atomic mass is 9.80. The number of aliphatic carboxylic acids is 1. The summed E-state index contributed by atoms with van der Waals surface area (Å²) in [6, 6.07) is 9.48. The highest BCUT2D eigenvalue weighted by Gasteiger charge is 2.48. The van der Waals surface area contributed by atoms with Crippen LogP contribution in [0.15, 0.2) is 55.0 Å². The molecule has 1 heterocycles. The van der Waals surface area contributed by atoms with E-state index in [9.17, 15) is 38.6 Å². The summed E-state index contributed by atoms with van der Waals surface area (Å²) in [7, 11) is -5.10. The number of carbonyl (C=O) groups is 4. The molecule has 0 radical (unpaired) electrons. The topological polar surface area (TPSA) is 220 Å². The molecule has 5 atom stereocenters. The number of alkyl carbamates (subject to hydrolysis) is 1. The molecule has 0 saturated heterocycles. The van der Waals surface area contributed by atoms with Gasteiger partial charge in [0, 0.05) is 25.1 Å². The number of H-pyrrole nitrogens is 1. The fourth-order valence-electron chi connectivity index (χ4n) is 7.31. The van der Waals surface area contributed by atoms with Gasteiger partial charge in [0.2, 0.25) is 11.8 Å². The summed E-state index contributed by atoms with van der Waals surface area (Å²) in [5, 5.41) is 20.2. The molecule has 1 aliphatic carbocycles. The summed E-state index contributed by atoms with van der Waals surface area (Å²) in [6.45, 7) is 8.24. The zero-order chi connectivity index (χ0) is 38.9. The highest BCUT2D eigenvalue weighted by Crippen LogP contribution is 2.50. The quantitative estimate of drug-likeness (QED) is 0.0961. The van der Waals surface area contributed by atoms with Crippen LogP contribution >= 0.6 is 7.60 Å². The van der Waals surface area contributed by atoms with Crippen LogP contribution in [0.1, 0.15) is 84.4 Å². The molecule has 4 rings (SSSR count). The summed E-state index contributed by atoms with van der Waals surface area (Å²) in [4.78, 5) is 82.5. The Balaban J connectivity index is 1.70. The number of carboxylic acid groups (broad SMARTS) is 1. The van der Waals surface area contributed by atoms with Crippen LogP contribution in [0.5, 0.6) is 0 Å². The Hall–Kier alpha value is -4.26. The maximum atomic E-state index is 14.3. The van der Waals surface area contributed by atoms with Gasteiger partial charge in [-0.2, -0.15) is 0 Å². The molecule has 7 N–H and O–H groups in total. The minimum absolute atomic E-state index is 0.00666. The lowest BCUT2D eigenvalue weighted by Crippen LogP contribution is -2.58. The number of imidazole rings is 1. The van der Waals surface area contributed by atoms with Crippen LogP contribution in [0.4, 0.5) is 4.79 Å². The first-order valence-corrected chi connectivity index (χ1v) is 19.9. The lowest BCUT2D eigenvalue weighted by molar-refractivity contribution is -0.144. The Labute approximate surface area is 310 Å². The number of aromatic nitrogens is 2. The third-order valence-electron chi connectivity index (χ3n) is 9.72. The second kappa shape index (κ2) is 18.2. The number of amides is 3. The van der Waals surface area contributed by atoms with Crippen molar-refractivity contribution in [3.8, 4) is 0 Å². The number of fused-ring (bicyclic) bond motifs is 1. The Morgan fingerprint density at radius 2 is 1.57 bits per heavy atom. The van der Waals surface area contributed by atoms with E-state index in [1.165, 1.54) is 6.33 Å². The van der Waals surface area contributed by atoms with E-state index in [0.717, 1.165) is 48.4 Å². The second-order valence-electron chi connectivity index (χ2n) is 15.4. The SMILES string of the molecule is CC(C)C(C(=O)O)C(C(CC1CCCCC1)NC(=O)[C@H](Cc1c[nH]cn1)NC(=O)C(Cc1cccc2ccccc12)NC(=O)OC(C)(C)C)P(=O)(O)O. The van der Waals surface area contributed by atoms with Crippen LogP contribution in [0, 0.1) is 17.8 Å². The summed E-state index contributed by atoms with van der Waals surface area (Å²) in [6.07, 6.45) is 6.62. The fourth-order valence-corrected chi connectivity index (χ4v) is 8.87. The van der Waals surface area contributed by atoms with Gasteiger partial charge in [-0.25, -0.2) is 9.78 Å². The molecule has 53 heavy (non-hydrogen) atoms. The number of rotatable bonds is 16. The Morgan fingerprint density at radius 3 is 2.17 bits per heavy atom. The molecule has 1 saturated carbocycles. The molecular weight excluding hydrogens is 701 g/mol. The van der Waals surface area contributed by atoms with Crippen LogP contribution in [0.25, 0.3) is 10.8 Å². The standard InChI is InChI=1S/C38H54N5O9P/c1-23(2)32(36(46)47)33(53(49,50)51)29(18-24-12-7-6-8-13-24)41-35(45)31(20-27-21-39-22-40-27)42-34(44)30(43-37(48)52-38(3,4)5)19-26-16-11-15-25-14-9-10-17-28(25)26/h9-11,14-17,21-24,29-33H,6-8,12-13,18-20H2,1-5H3,(H,39,40)(H,41,45)(H,42,44)(H,43,48)(H,46,47)(H2,49,50,51)/t29?,30?,31-,32?,33?/m0/s1. The smallest absolute Gasteiger partial charge is 0.408 e. The van der Waals surface area contributed by atoms with Crippen LogP contribution in [0.2, 0.25) is 0 Å². The van der Waals surface area contributed by atoms with Crippen LogP contribution in [-0.2, 0) is 36.5 Å². The molecule has 2 aromatic carbocycles. The first-order valence-electron chi connectivity index (χ1n) is 18.3. The van der Waals surface area contributed by atoms with Crippen molar-refractivity contribution in [1.82, 2.24) is 25.9 Å². The molecule has 0 bridgehead atoms. The molecule has 15 heteroatoms. The second-order valence-corrected chi connectivity index (χ2v) is 17.2. The predicted octanol–water partition coefficient (Wildman–Crippen LogP) is 5.08. The van der Waals surface area contributed by atoms with Crippen molar-refractivity contribution >= 4 is 42.2 Å². The first-order chi connectivity index (χ1) is 24.9. The number of nitrogens with zero attached hydrogens (tertiary/aromatic N) is 1. The Kier molecular flexibility index (Phi) is 14.2. The monoisotopic (exact) mass is 755 g/mol. The van der Waals surface area contributed by atoms with Crippen molar-refractivity contribution in [2.75, 3.05) is 0 Å². The number of hydrogen-bond donors (Lipinski definition) is 7. The van der Waals surface area contributed by atoms with Gasteiger partial charge in [-0.1, -0.05) is 88.4 Å².